The molecule has 0 saturated heterocycles. The molecule has 0 aromatic carbocycles. The second-order valence-electron chi connectivity index (χ2n) is 2.96. The smallest absolute Gasteiger partial charge is 0.337 e. The van der Waals surface area contributed by atoms with Gasteiger partial charge in [-0.25, -0.2) is 4.79 Å². The number of rotatable bonds is 2. The largest absolute Gasteiger partial charge is 0.478 e. The van der Waals surface area contributed by atoms with Gasteiger partial charge < -0.3 is 5.11 Å². The molecule has 2 aromatic heterocycles. The molecule has 0 amide bonds. The van der Waals surface area contributed by atoms with Gasteiger partial charge in [-0.3, -0.25) is 9.97 Å². The predicted molar refractivity (Wildman–Crippen MR) is 54.4 cm³/mol. The summed E-state index contributed by atoms with van der Waals surface area (Å²) < 4.78 is 0. The van der Waals surface area contributed by atoms with Crippen LogP contribution in [0.15, 0.2) is 43.0 Å². The van der Waals surface area contributed by atoms with Crippen molar-refractivity contribution in [2.45, 2.75) is 0 Å². The van der Waals surface area contributed by atoms with Crippen LogP contribution in [0.5, 0.6) is 0 Å². The number of carboxylic acid groups (broad SMARTS) is 1. The minimum absolute atomic E-state index is 0.198. The van der Waals surface area contributed by atoms with Gasteiger partial charge in [-0.1, -0.05) is 0 Å². The summed E-state index contributed by atoms with van der Waals surface area (Å²) in [5, 5.41) is 8.97. The Bertz CT molecular complexity index is 483. The van der Waals surface area contributed by atoms with E-state index >= 15 is 0 Å². The highest BCUT2D eigenvalue weighted by molar-refractivity contribution is 5.95. The van der Waals surface area contributed by atoms with Crippen molar-refractivity contribution in [3.8, 4) is 11.1 Å². The highest BCUT2D eigenvalue weighted by atomic mass is 16.4. The predicted octanol–water partition coefficient (Wildman–Crippen LogP) is 1.84. The van der Waals surface area contributed by atoms with Crippen LogP contribution in [0, 0.1) is 0 Å². The molecule has 0 bridgehead atoms. The molecular formula is C11H8N2O2. The summed E-state index contributed by atoms with van der Waals surface area (Å²) in [7, 11) is 0. The Kier molecular flexibility index (Phi) is 2.41. The number of aromatic nitrogens is 2. The lowest BCUT2D eigenvalue weighted by atomic mass is 10.0. The van der Waals surface area contributed by atoms with Gasteiger partial charge in [0.05, 0.1) is 5.56 Å². The maximum absolute atomic E-state index is 10.9. The number of pyridine rings is 2. The summed E-state index contributed by atoms with van der Waals surface area (Å²) in [4.78, 5) is 18.6. The van der Waals surface area contributed by atoms with E-state index < -0.39 is 5.97 Å². The SMILES string of the molecule is O=C(O)c1cnccc1-c1ccncc1. The van der Waals surface area contributed by atoms with E-state index in [2.05, 4.69) is 9.97 Å². The van der Waals surface area contributed by atoms with Crippen molar-refractivity contribution < 1.29 is 9.90 Å². The maximum atomic E-state index is 10.9. The van der Waals surface area contributed by atoms with E-state index in [-0.39, 0.29) is 5.56 Å². The van der Waals surface area contributed by atoms with E-state index in [9.17, 15) is 4.79 Å². The molecule has 2 aromatic rings. The molecule has 1 N–H and O–H groups in total. The molecule has 0 fully saturated rings. The molecule has 0 atom stereocenters. The zero-order valence-corrected chi connectivity index (χ0v) is 7.79. The number of hydrogen-bond acceptors (Lipinski definition) is 3. The van der Waals surface area contributed by atoms with Gasteiger partial charge in [0, 0.05) is 24.8 Å². The Morgan fingerprint density at radius 1 is 1.07 bits per heavy atom. The van der Waals surface area contributed by atoms with Crippen LogP contribution in [0.1, 0.15) is 10.4 Å². The third-order valence-corrected chi connectivity index (χ3v) is 2.04. The van der Waals surface area contributed by atoms with Gasteiger partial charge in [-0.2, -0.15) is 0 Å². The Morgan fingerprint density at radius 2 is 1.73 bits per heavy atom. The molecule has 4 nitrogen and oxygen atoms in total. The van der Waals surface area contributed by atoms with Crippen LogP contribution in [-0.4, -0.2) is 21.0 Å². The Morgan fingerprint density at radius 3 is 2.40 bits per heavy atom. The van der Waals surface area contributed by atoms with Crippen molar-refractivity contribution >= 4 is 5.97 Å². The molecular weight excluding hydrogens is 192 g/mol. The topological polar surface area (TPSA) is 63.1 Å². The summed E-state index contributed by atoms with van der Waals surface area (Å²) in [5.41, 5.74) is 1.67. The molecule has 0 radical (unpaired) electrons. The summed E-state index contributed by atoms with van der Waals surface area (Å²) in [5.74, 6) is -0.977. The van der Waals surface area contributed by atoms with Crippen molar-refractivity contribution in [3.63, 3.8) is 0 Å². The lowest BCUT2D eigenvalue weighted by Crippen LogP contribution is -2.00. The molecule has 74 valence electrons. The van der Waals surface area contributed by atoms with Gasteiger partial charge in [0.2, 0.25) is 0 Å². The Balaban J connectivity index is 2.58. The van der Waals surface area contributed by atoms with E-state index in [0.717, 1.165) is 5.56 Å². The summed E-state index contributed by atoms with van der Waals surface area (Å²) in [6.07, 6.45) is 6.17. The number of carbonyl (C=O) groups is 1. The minimum Gasteiger partial charge on any atom is -0.478 e. The first-order valence-corrected chi connectivity index (χ1v) is 4.37. The molecule has 0 unspecified atom stereocenters. The maximum Gasteiger partial charge on any atom is 0.337 e. The lowest BCUT2D eigenvalue weighted by molar-refractivity contribution is 0.0697. The fourth-order valence-electron chi connectivity index (χ4n) is 1.35. The van der Waals surface area contributed by atoms with Crippen LogP contribution in [0.3, 0.4) is 0 Å². The minimum atomic E-state index is -0.977. The Hall–Kier alpha value is -2.23. The van der Waals surface area contributed by atoms with E-state index in [1.807, 2.05) is 0 Å². The van der Waals surface area contributed by atoms with Gasteiger partial charge in [-0.05, 0) is 29.3 Å². The molecule has 4 heteroatoms. The third-order valence-electron chi connectivity index (χ3n) is 2.04. The van der Waals surface area contributed by atoms with E-state index in [4.69, 9.17) is 5.11 Å². The molecule has 2 heterocycles. The van der Waals surface area contributed by atoms with Crippen molar-refractivity contribution in [2.75, 3.05) is 0 Å². The monoisotopic (exact) mass is 200 g/mol. The number of hydrogen-bond donors (Lipinski definition) is 1. The fourth-order valence-corrected chi connectivity index (χ4v) is 1.35. The van der Waals surface area contributed by atoms with Crippen LogP contribution in [0.2, 0.25) is 0 Å². The van der Waals surface area contributed by atoms with E-state index in [1.54, 1.807) is 36.8 Å². The van der Waals surface area contributed by atoms with Gasteiger partial charge in [-0.15, -0.1) is 0 Å². The standard InChI is InChI=1S/C11H8N2O2/c14-11(15)10-7-13-6-3-9(10)8-1-4-12-5-2-8/h1-7H,(H,14,15). The van der Waals surface area contributed by atoms with Crippen LogP contribution < -0.4 is 0 Å². The van der Waals surface area contributed by atoms with Crippen molar-refractivity contribution in [2.24, 2.45) is 0 Å². The normalized spacial score (nSPS) is 9.87. The molecule has 0 saturated carbocycles. The Labute approximate surface area is 86.2 Å². The molecule has 2 rings (SSSR count). The summed E-state index contributed by atoms with van der Waals surface area (Å²) in [6.45, 7) is 0. The summed E-state index contributed by atoms with van der Waals surface area (Å²) in [6, 6.07) is 5.21. The van der Waals surface area contributed by atoms with Gasteiger partial charge in [0.25, 0.3) is 0 Å². The highest BCUT2D eigenvalue weighted by Crippen LogP contribution is 2.21. The quantitative estimate of drug-likeness (QED) is 0.803. The molecule has 0 aliphatic rings. The van der Waals surface area contributed by atoms with Gasteiger partial charge >= 0.3 is 5.97 Å². The second-order valence-corrected chi connectivity index (χ2v) is 2.96. The van der Waals surface area contributed by atoms with Gasteiger partial charge in [0.15, 0.2) is 0 Å². The zero-order valence-electron chi connectivity index (χ0n) is 7.79. The zero-order chi connectivity index (χ0) is 10.7. The molecule has 0 aliphatic carbocycles. The number of nitrogens with zero attached hydrogens (tertiary/aromatic N) is 2. The first kappa shape index (κ1) is 9.33. The molecule has 0 aliphatic heterocycles. The van der Waals surface area contributed by atoms with Gasteiger partial charge in [0.1, 0.15) is 0 Å². The third kappa shape index (κ3) is 1.83. The first-order valence-electron chi connectivity index (χ1n) is 4.37. The van der Waals surface area contributed by atoms with Crippen LogP contribution in [-0.2, 0) is 0 Å². The number of aromatic carboxylic acids is 1. The fraction of sp³-hybridized carbons (Fsp3) is 0. The van der Waals surface area contributed by atoms with E-state index in [0.29, 0.717) is 5.56 Å². The van der Waals surface area contributed by atoms with E-state index in [1.165, 1.54) is 6.20 Å². The second kappa shape index (κ2) is 3.88. The molecule has 15 heavy (non-hydrogen) atoms. The van der Waals surface area contributed by atoms with Crippen molar-refractivity contribution in [1.29, 1.82) is 0 Å². The van der Waals surface area contributed by atoms with Crippen LogP contribution >= 0.6 is 0 Å². The first-order chi connectivity index (χ1) is 7.29. The van der Waals surface area contributed by atoms with Crippen LogP contribution in [0.25, 0.3) is 11.1 Å². The molecule has 0 spiro atoms. The average Bonchev–Trinajstić information content (AvgIpc) is 2.30. The van der Waals surface area contributed by atoms with Crippen LogP contribution in [0.4, 0.5) is 0 Å². The van der Waals surface area contributed by atoms with Crippen molar-refractivity contribution in [1.82, 2.24) is 9.97 Å². The highest BCUT2D eigenvalue weighted by Gasteiger charge is 2.10. The number of carboxylic acids is 1. The van der Waals surface area contributed by atoms with Crippen molar-refractivity contribution in [3.05, 3.63) is 48.5 Å². The average molecular weight is 200 g/mol. The lowest BCUT2D eigenvalue weighted by Gasteiger charge is -2.04. The summed E-state index contributed by atoms with van der Waals surface area (Å²) >= 11 is 0.